The first-order chi connectivity index (χ1) is 12.0. The molecule has 0 aromatic heterocycles. The van der Waals surface area contributed by atoms with E-state index in [0.717, 1.165) is 6.42 Å². The number of aliphatic hydroxyl groups is 3. The standard InChI is InChI=1S/C20H34O5/c1-2-3-4-5-6-7-10-16-17(19(23)14-18(16)22)13-12-15(21)9-8-11-20(24)25/h6-7,12-13,15-19,21-23H,2-5,8-11,14H2,1H3,(H,24,25)/b7-6-,13-12+/t15-,16-,17-,18-,19+/m0/s1. The van der Waals surface area contributed by atoms with Gasteiger partial charge in [0.25, 0.3) is 0 Å². The Kier molecular flexibility index (Phi) is 10.7. The summed E-state index contributed by atoms with van der Waals surface area (Å²) >= 11 is 0. The molecule has 0 amide bonds. The lowest BCUT2D eigenvalue weighted by Gasteiger charge is -2.19. The van der Waals surface area contributed by atoms with Crippen LogP contribution in [0.4, 0.5) is 0 Å². The second-order valence-electron chi connectivity index (χ2n) is 7.05. The Hall–Kier alpha value is -1.17. The summed E-state index contributed by atoms with van der Waals surface area (Å²) in [6.07, 6.45) is 12.4. The van der Waals surface area contributed by atoms with Crippen LogP contribution in [0.2, 0.25) is 0 Å². The van der Waals surface area contributed by atoms with Crippen molar-refractivity contribution in [1.29, 1.82) is 0 Å². The van der Waals surface area contributed by atoms with Crippen molar-refractivity contribution >= 4 is 5.97 Å². The largest absolute Gasteiger partial charge is 0.481 e. The van der Waals surface area contributed by atoms with Gasteiger partial charge in [-0.25, -0.2) is 0 Å². The van der Waals surface area contributed by atoms with E-state index >= 15 is 0 Å². The highest BCUT2D eigenvalue weighted by Crippen LogP contribution is 2.36. The van der Waals surface area contributed by atoms with Crippen molar-refractivity contribution in [1.82, 2.24) is 0 Å². The second kappa shape index (κ2) is 12.2. The normalized spacial score (nSPS) is 28.2. The van der Waals surface area contributed by atoms with Gasteiger partial charge in [-0.3, -0.25) is 4.79 Å². The van der Waals surface area contributed by atoms with Gasteiger partial charge in [-0.05, 0) is 38.0 Å². The Morgan fingerprint density at radius 2 is 1.92 bits per heavy atom. The van der Waals surface area contributed by atoms with E-state index in [1.807, 2.05) is 0 Å². The first kappa shape index (κ1) is 21.9. The average Bonchev–Trinajstić information content (AvgIpc) is 2.81. The molecule has 0 spiro atoms. The minimum absolute atomic E-state index is 0.0418. The number of unbranched alkanes of at least 4 members (excludes halogenated alkanes) is 3. The molecule has 0 bridgehead atoms. The lowest BCUT2D eigenvalue weighted by atomic mass is 9.89. The molecule has 0 heterocycles. The minimum Gasteiger partial charge on any atom is -0.481 e. The lowest BCUT2D eigenvalue weighted by molar-refractivity contribution is -0.137. The highest BCUT2D eigenvalue weighted by Gasteiger charge is 2.39. The Bertz CT molecular complexity index is 432. The summed E-state index contributed by atoms with van der Waals surface area (Å²) < 4.78 is 0. The summed E-state index contributed by atoms with van der Waals surface area (Å²) in [7, 11) is 0. The van der Waals surface area contributed by atoms with Gasteiger partial charge < -0.3 is 20.4 Å². The van der Waals surface area contributed by atoms with Crippen molar-refractivity contribution in [3.05, 3.63) is 24.3 Å². The topological polar surface area (TPSA) is 98.0 Å². The molecule has 5 atom stereocenters. The molecule has 5 heteroatoms. The molecule has 1 saturated carbocycles. The van der Waals surface area contributed by atoms with E-state index in [1.54, 1.807) is 12.2 Å². The first-order valence-corrected chi connectivity index (χ1v) is 9.55. The third-order valence-electron chi connectivity index (χ3n) is 4.91. The van der Waals surface area contributed by atoms with E-state index in [4.69, 9.17) is 5.11 Å². The molecule has 0 aliphatic heterocycles. The van der Waals surface area contributed by atoms with Gasteiger partial charge in [0.2, 0.25) is 0 Å². The Morgan fingerprint density at radius 3 is 2.60 bits per heavy atom. The van der Waals surface area contributed by atoms with Crippen LogP contribution in [-0.2, 0) is 4.79 Å². The maximum atomic E-state index is 10.5. The molecule has 25 heavy (non-hydrogen) atoms. The van der Waals surface area contributed by atoms with E-state index in [0.29, 0.717) is 25.7 Å². The highest BCUT2D eigenvalue weighted by molar-refractivity contribution is 5.66. The van der Waals surface area contributed by atoms with Gasteiger partial charge in [0.05, 0.1) is 18.3 Å². The molecule has 1 rings (SSSR count). The van der Waals surface area contributed by atoms with Crippen LogP contribution in [0.5, 0.6) is 0 Å². The third-order valence-corrected chi connectivity index (χ3v) is 4.91. The number of allylic oxidation sites excluding steroid dienone is 2. The maximum absolute atomic E-state index is 10.5. The fourth-order valence-corrected chi connectivity index (χ4v) is 3.41. The van der Waals surface area contributed by atoms with Gasteiger partial charge in [0.15, 0.2) is 0 Å². The number of hydrogen-bond donors (Lipinski definition) is 4. The first-order valence-electron chi connectivity index (χ1n) is 9.55. The summed E-state index contributed by atoms with van der Waals surface area (Å²) in [5.41, 5.74) is 0. The van der Waals surface area contributed by atoms with Crippen LogP contribution in [0.25, 0.3) is 0 Å². The molecule has 5 nitrogen and oxygen atoms in total. The van der Waals surface area contributed by atoms with Crippen molar-refractivity contribution in [2.45, 2.75) is 83.0 Å². The molecular weight excluding hydrogens is 320 g/mol. The number of hydrogen-bond acceptors (Lipinski definition) is 4. The van der Waals surface area contributed by atoms with Gasteiger partial charge in [0, 0.05) is 18.8 Å². The van der Waals surface area contributed by atoms with Gasteiger partial charge in [0.1, 0.15) is 0 Å². The number of rotatable bonds is 12. The number of aliphatic hydroxyl groups excluding tert-OH is 3. The number of carboxylic acids is 1. The Morgan fingerprint density at radius 1 is 1.16 bits per heavy atom. The van der Waals surface area contributed by atoms with Crippen LogP contribution in [0.1, 0.15) is 64.7 Å². The second-order valence-corrected chi connectivity index (χ2v) is 7.05. The van der Waals surface area contributed by atoms with Crippen LogP contribution in [0, 0.1) is 11.8 Å². The molecule has 0 aromatic rings. The molecule has 0 saturated heterocycles. The number of carboxylic acid groups (broad SMARTS) is 1. The Balaban J connectivity index is 2.47. The van der Waals surface area contributed by atoms with Gasteiger partial charge >= 0.3 is 5.97 Å². The zero-order valence-electron chi connectivity index (χ0n) is 15.3. The zero-order valence-corrected chi connectivity index (χ0v) is 15.3. The molecule has 0 unspecified atom stereocenters. The average molecular weight is 354 g/mol. The molecule has 0 aromatic carbocycles. The van der Waals surface area contributed by atoms with Gasteiger partial charge in [-0.15, -0.1) is 0 Å². The van der Waals surface area contributed by atoms with E-state index in [2.05, 4.69) is 19.1 Å². The van der Waals surface area contributed by atoms with Crippen molar-refractivity contribution in [2.24, 2.45) is 11.8 Å². The number of aliphatic carboxylic acids is 1. The SMILES string of the molecule is CCCCC/C=C\C[C@H]1[C@H](/C=C/[C@@H](O)CCCC(=O)O)[C@H](O)C[C@@H]1O. The zero-order chi connectivity index (χ0) is 18.7. The highest BCUT2D eigenvalue weighted by atomic mass is 16.4. The molecule has 144 valence electrons. The quantitative estimate of drug-likeness (QED) is 0.319. The van der Waals surface area contributed by atoms with Gasteiger partial charge in [-0.2, -0.15) is 0 Å². The van der Waals surface area contributed by atoms with Crippen molar-refractivity contribution in [3.63, 3.8) is 0 Å². The molecule has 1 fully saturated rings. The van der Waals surface area contributed by atoms with E-state index < -0.39 is 24.3 Å². The van der Waals surface area contributed by atoms with Crippen LogP contribution >= 0.6 is 0 Å². The molecule has 4 N–H and O–H groups in total. The van der Waals surface area contributed by atoms with E-state index in [1.165, 1.54) is 19.3 Å². The molecular formula is C20H34O5. The fourth-order valence-electron chi connectivity index (χ4n) is 3.41. The number of carbonyl (C=O) groups is 1. The van der Waals surface area contributed by atoms with E-state index in [9.17, 15) is 20.1 Å². The lowest BCUT2D eigenvalue weighted by Crippen LogP contribution is -2.20. The smallest absolute Gasteiger partial charge is 0.303 e. The maximum Gasteiger partial charge on any atom is 0.303 e. The molecule has 0 radical (unpaired) electrons. The molecule has 1 aliphatic rings. The molecule has 1 aliphatic carbocycles. The van der Waals surface area contributed by atoms with Gasteiger partial charge in [-0.1, -0.05) is 44.1 Å². The predicted molar refractivity (Wildman–Crippen MR) is 98.1 cm³/mol. The minimum atomic E-state index is -0.865. The monoisotopic (exact) mass is 354 g/mol. The fraction of sp³-hybridized carbons (Fsp3) is 0.750. The Labute approximate surface area is 151 Å². The summed E-state index contributed by atoms with van der Waals surface area (Å²) in [5, 5.41) is 38.9. The van der Waals surface area contributed by atoms with Crippen LogP contribution in [0.3, 0.4) is 0 Å². The summed E-state index contributed by atoms with van der Waals surface area (Å²) in [6.45, 7) is 2.17. The van der Waals surface area contributed by atoms with Crippen LogP contribution < -0.4 is 0 Å². The van der Waals surface area contributed by atoms with Crippen molar-refractivity contribution in [2.75, 3.05) is 0 Å². The van der Waals surface area contributed by atoms with Crippen LogP contribution in [-0.4, -0.2) is 44.7 Å². The summed E-state index contributed by atoms with van der Waals surface area (Å²) in [4.78, 5) is 10.5. The van der Waals surface area contributed by atoms with Crippen molar-refractivity contribution < 1.29 is 25.2 Å². The third kappa shape index (κ3) is 8.66. The van der Waals surface area contributed by atoms with E-state index in [-0.39, 0.29) is 18.3 Å². The summed E-state index contributed by atoms with van der Waals surface area (Å²) in [5.74, 6) is -1.08. The predicted octanol–water partition coefficient (Wildman–Crippen LogP) is 3.04. The van der Waals surface area contributed by atoms with Crippen LogP contribution in [0.15, 0.2) is 24.3 Å². The van der Waals surface area contributed by atoms with Crippen molar-refractivity contribution in [3.8, 4) is 0 Å². The summed E-state index contributed by atoms with van der Waals surface area (Å²) in [6, 6.07) is 0.